The quantitative estimate of drug-likeness (QED) is 0.196. The summed E-state index contributed by atoms with van der Waals surface area (Å²) in [5.41, 5.74) is 17.7. The van der Waals surface area contributed by atoms with Crippen LogP contribution in [0.3, 0.4) is 0 Å². The van der Waals surface area contributed by atoms with Gasteiger partial charge in [-0.05, 0) is 86.3 Å². The fraction of sp³-hybridized carbons (Fsp3) is 0.227. The number of benzene rings is 6. The number of fused-ring (bicyclic) bond motifs is 7. The molecule has 46 heavy (non-hydrogen) atoms. The molecule has 228 valence electrons. The zero-order valence-electron chi connectivity index (χ0n) is 28.3. The second kappa shape index (κ2) is 9.84. The zero-order chi connectivity index (χ0) is 32.1. The van der Waals surface area contributed by atoms with Crippen LogP contribution >= 0.6 is 0 Å². The minimum Gasteiger partial charge on any atom is -0.309 e. The summed E-state index contributed by atoms with van der Waals surface area (Å²) in [5, 5.41) is 2.55. The zero-order valence-corrected chi connectivity index (χ0v) is 28.3. The molecule has 0 spiro atoms. The van der Waals surface area contributed by atoms with Gasteiger partial charge in [-0.15, -0.1) is 0 Å². The van der Waals surface area contributed by atoms with Gasteiger partial charge in [-0.3, -0.25) is 0 Å². The lowest BCUT2D eigenvalue weighted by molar-refractivity contribution is 0.630. The van der Waals surface area contributed by atoms with Gasteiger partial charge in [0.1, 0.15) is 0 Å². The first kappa shape index (κ1) is 28.6. The van der Waals surface area contributed by atoms with Crippen LogP contribution in [0.2, 0.25) is 0 Å². The first-order valence-electron chi connectivity index (χ1n) is 16.5. The molecule has 0 aliphatic carbocycles. The van der Waals surface area contributed by atoms with Gasteiger partial charge in [0, 0.05) is 33.0 Å². The van der Waals surface area contributed by atoms with Crippen molar-refractivity contribution in [1.29, 1.82) is 0 Å². The maximum Gasteiger partial charge on any atom is 0.0581 e. The first-order chi connectivity index (χ1) is 22.0. The maximum atomic E-state index is 2.52. The van der Waals surface area contributed by atoms with E-state index in [2.05, 4.69) is 174 Å². The van der Waals surface area contributed by atoms with E-state index in [9.17, 15) is 0 Å². The summed E-state index contributed by atoms with van der Waals surface area (Å²) in [6.07, 6.45) is 0. The van der Waals surface area contributed by atoms with E-state index < -0.39 is 0 Å². The average Bonchev–Trinajstić information content (AvgIpc) is 3.03. The summed E-state index contributed by atoms with van der Waals surface area (Å²) in [7, 11) is 0. The van der Waals surface area contributed by atoms with Gasteiger partial charge in [0.05, 0.1) is 22.7 Å². The third-order valence-corrected chi connectivity index (χ3v) is 10.7. The van der Waals surface area contributed by atoms with Gasteiger partial charge in [-0.25, -0.2) is 0 Å². The van der Waals surface area contributed by atoms with Crippen LogP contribution in [-0.2, 0) is 10.8 Å². The number of aryl methyl sites for hydroxylation is 4. The van der Waals surface area contributed by atoms with Crippen LogP contribution in [-0.4, -0.2) is 0 Å². The van der Waals surface area contributed by atoms with E-state index >= 15 is 0 Å². The molecule has 0 unspecified atom stereocenters. The Morgan fingerprint density at radius 1 is 0.370 bits per heavy atom. The molecule has 0 radical (unpaired) electrons. The summed E-state index contributed by atoms with van der Waals surface area (Å²) in [5.74, 6) is 0. The van der Waals surface area contributed by atoms with Crippen molar-refractivity contribution < 1.29 is 0 Å². The van der Waals surface area contributed by atoms with Crippen LogP contribution in [0, 0.1) is 27.7 Å². The third kappa shape index (κ3) is 4.02. The highest BCUT2D eigenvalue weighted by Crippen LogP contribution is 2.59. The second-order valence-electron chi connectivity index (χ2n) is 14.7. The Balaban J connectivity index is 1.49. The largest absolute Gasteiger partial charge is 0.309 e. The average molecular weight is 599 g/mol. The Labute approximate surface area is 273 Å². The van der Waals surface area contributed by atoms with Crippen molar-refractivity contribution in [2.75, 3.05) is 9.80 Å². The van der Waals surface area contributed by atoms with Crippen LogP contribution in [0.1, 0.15) is 72.2 Å². The summed E-state index contributed by atoms with van der Waals surface area (Å²) >= 11 is 0. The second-order valence-corrected chi connectivity index (χ2v) is 14.7. The van der Waals surface area contributed by atoms with Crippen LogP contribution < -0.4 is 9.80 Å². The van der Waals surface area contributed by atoms with Crippen molar-refractivity contribution in [3.63, 3.8) is 0 Å². The summed E-state index contributed by atoms with van der Waals surface area (Å²) in [6.45, 7) is 18.3. The van der Waals surface area contributed by atoms with E-state index in [1.807, 2.05) is 0 Å². The molecule has 2 aliphatic rings. The van der Waals surface area contributed by atoms with Crippen molar-refractivity contribution in [3.05, 3.63) is 154 Å². The molecular weight excluding hydrogens is 556 g/mol. The van der Waals surface area contributed by atoms with E-state index in [1.165, 1.54) is 89.4 Å². The van der Waals surface area contributed by atoms with Crippen LogP contribution in [0.25, 0.3) is 10.8 Å². The molecule has 2 heteroatoms. The fourth-order valence-electron chi connectivity index (χ4n) is 8.01. The highest BCUT2D eigenvalue weighted by molar-refractivity contribution is 6.11. The summed E-state index contributed by atoms with van der Waals surface area (Å²) in [6, 6.07) is 41.6. The third-order valence-electron chi connectivity index (χ3n) is 10.7. The van der Waals surface area contributed by atoms with Gasteiger partial charge >= 0.3 is 0 Å². The molecule has 0 atom stereocenters. The Kier molecular flexibility index (Phi) is 6.13. The number of hydrogen-bond acceptors (Lipinski definition) is 2. The van der Waals surface area contributed by atoms with Crippen LogP contribution in [0.4, 0.5) is 34.1 Å². The normalized spacial score (nSPS) is 15.7. The Morgan fingerprint density at radius 3 is 1.09 bits per heavy atom. The van der Waals surface area contributed by atoms with Crippen LogP contribution in [0.5, 0.6) is 0 Å². The number of anilines is 6. The van der Waals surface area contributed by atoms with Gasteiger partial charge in [0.15, 0.2) is 0 Å². The van der Waals surface area contributed by atoms with Gasteiger partial charge < -0.3 is 9.80 Å². The molecule has 2 aliphatic heterocycles. The van der Waals surface area contributed by atoms with Gasteiger partial charge in [0.2, 0.25) is 0 Å². The lowest BCUT2D eigenvalue weighted by Crippen LogP contribution is -2.32. The smallest absolute Gasteiger partial charge is 0.0581 e. The highest BCUT2D eigenvalue weighted by atomic mass is 15.2. The summed E-state index contributed by atoms with van der Waals surface area (Å²) in [4.78, 5) is 5.04. The minimum absolute atomic E-state index is 0.165. The van der Waals surface area contributed by atoms with Gasteiger partial charge in [-0.2, -0.15) is 0 Å². The highest BCUT2D eigenvalue weighted by Gasteiger charge is 2.41. The Bertz CT molecular complexity index is 2020. The number of rotatable bonds is 2. The summed E-state index contributed by atoms with van der Waals surface area (Å²) < 4.78 is 0. The SMILES string of the molecule is Cc1ccc(N2c3ccc(C)cc3C(C)(C)c3ccc4c5c(ccc4c32)C(C)(C)c2cc(C)ccc2N5c2ccc(C)cc2)cc1. The van der Waals surface area contributed by atoms with E-state index in [1.54, 1.807) is 0 Å². The van der Waals surface area contributed by atoms with Crippen molar-refractivity contribution >= 4 is 44.9 Å². The lowest BCUT2D eigenvalue weighted by atomic mass is 9.70. The molecule has 6 aromatic carbocycles. The van der Waals surface area contributed by atoms with Gasteiger partial charge in [0.25, 0.3) is 0 Å². The molecule has 8 rings (SSSR count). The molecule has 0 saturated carbocycles. The maximum absolute atomic E-state index is 2.52. The van der Waals surface area contributed by atoms with Crippen molar-refractivity contribution in [2.45, 2.75) is 66.2 Å². The monoisotopic (exact) mass is 598 g/mol. The van der Waals surface area contributed by atoms with E-state index in [4.69, 9.17) is 0 Å². The van der Waals surface area contributed by atoms with Crippen molar-refractivity contribution in [1.82, 2.24) is 0 Å². The van der Waals surface area contributed by atoms with Crippen LogP contribution in [0.15, 0.2) is 109 Å². The molecular formula is C44H42N2. The number of nitrogens with zero attached hydrogens (tertiary/aromatic N) is 2. The standard InChI is InChI=1S/C44H42N2/c1-27-9-15-31(16-10-27)45-39-23-13-29(3)25-37(39)43(5,6)35-21-20-34-33(41(35)45)19-22-36-42(34)46(32-17-11-28(2)12-18-32)40-24-14-30(4)26-38(40)44(36,7)8/h9-26H,1-8H3. The predicted octanol–water partition coefficient (Wildman–Crippen LogP) is 12.3. The van der Waals surface area contributed by atoms with Gasteiger partial charge in [-0.1, -0.05) is 123 Å². The molecule has 0 N–H and O–H groups in total. The van der Waals surface area contributed by atoms with Crippen molar-refractivity contribution in [3.8, 4) is 0 Å². The Hall–Kier alpha value is -4.82. The topological polar surface area (TPSA) is 6.48 Å². The van der Waals surface area contributed by atoms with E-state index in [0.29, 0.717) is 0 Å². The Morgan fingerprint density at radius 2 is 0.717 bits per heavy atom. The first-order valence-corrected chi connectivity index (χ1v) is 16.5. The van der Waals surface area contributed by atoms with E-state index in [0.717, 1.165) is 0 Å². The predicted molar refractivity (Wildman–Crippen MR) is 197 cm³/mol. The molecule has 2 nitrogen and oxygen atoms in total. The van der Waals surface area contributed by atoms with E-state index in [-0.39, 0.29) is 10.8 Å². The molecule has 2 heterocycles. The number of hydrogen-bond donors (Lipinski definition) is 0. The molecule has 0 saturated heterocycles. The molecule has 0 aromatic heterocycles. The fourth-order valence-corrected chi connectivity index (χ4v) is 8.01. The minimum atomic E-state index is -0.165. The lowest BCUT2D eigenvalue weighted by Gasteiger charge is -2.45. The molecule has 0 amide bonds. The van der Waals surface area contributed by atoms with Crippen molar-refractivity contribution in [2.24, 2.45) is 0 Å². The molecule has 6 aromatic rings. The molecule has 0 bridgehead atoms. The molecule has 0 fully saturated rings.